The van der Waals surface area contributed by atoms with E-state index < -0.39 is 0 Å². The van der Waals surface area contributed by atoms with Crippen LogP contribution in [0.4, 0.5) is 0 Å². The van der Waals surface area contributed by atoms with Crippen molar-refractivity contribution in [2.24, 2.45) is 16.8 Å². The minimum Gasteiger partial charge on any atom is -0.411 e. The van der Waals surface area contributed by atoms with Gasteiger partial charge in [-0.15, -0.1) is 5.16 Å². The molecule has 9 heavy (non-hydrogen) atoms. The normalized spacial score (nSPS) is 15.1. The SMILES string of the molecule is CC(C)C[C@H](N)C=NO. The molecule has 0 unspecified atom stereocenters. The van der Waals surface area contributed by atoms with E-state index in [2.05, 4.69) is 19.0 Å². The molecule has 3 N–H and O–H groups in total. The Morgan fingerprint density at radius 1 is 1.67 bits per heavy atom. The Bertz CT molecular complexity index is 91.1. The molecular formula is C6H14N2O. The van der Waals surface area contributed by atoms with Crippen LogP contribution in [0.2, 0.25) is 0 Å². The third-order valence-electron chi connectivity index (χ3n) is 1.00. The maximum Gasteiger partial charge on any atom is 0.0603 e. The standard InChI is InChI=1S/C6H14N2O/c1-5(2)3-6(7)4-8-9/h4-6,9H,3,7H2,1-2H3/t6-/m0/s1. The van der Waals surface area contributed by atoms with Gasteiger partial charge in [0, 0.05) is 6.04 Å². The first-order valence-corrected chi connectivity index (χ1v) is 3.10. The summed E-state index contributed by atoms with van der Waals surface area (Å²) in [6.45, 7) is 4.15. The summed E-state index contributed by atoms with van der Waals surface area (Å²) in [5.41, 5.74) is 5.48. The Labute approximate surface area is 55.5 Å². The summed E-state index contributed by atoms with van der Waals surface area (Å²) in [6, 6.07) is -0.102. The molecule has 0 fully saturated rings. The molecule has 1 atom stereocenters. The molecule has 0 aromatic carbocycles. The average Bonchev–Trinajstić information content (AvgIpc) is 1.63. The molecule has 3 heteroatoms. The minimum atomic E-state index is -0.102. The Hall–Kier alpha value is -0.570. The first-order valence-electron chi connectivity index (χ1n) is 3.10. The van der Waals surface area contributed by atoms with Gasteiger partial charge in [0.2, 0.25) is 0 Å². The monoisotopic (exact) mass is 130 g/mol. The molecule has 0 rings (SSSR count). The van der Waals surface area contributed by atoms with Crippen LogP contribution >= 0.6 is 0 Å². The summed E-state index contributed by atoms with van der Waals surface area (Å²) >= 11 is 0. The van der Waals surface area contributed by atoms with E-state index in [9.17, 15) is 0 Å². The summed E-state index contributed by atoms with van der Waals surface area (Å²) in [6.07, 6.45) is 2.21. The van der Waals surface area contributed by atoms with E-state index in [1.54, 1.807) is 0 Å². The zero-order valence-corrected chi connectivity index (χ0v) is 5.91. The highest BCUT2D eigenvalue weighted by molar-refractivity contribution is 5.62. The summed E-state index contributed by atoms with van der Waals surface area (Å²) in [5.74, 6) is 0.554. The van der Waals surface area contributed by atoms with Crippen molar-refractivity contribution in [3.8, 4) is 0 Å². The van der Waals surface area contributed by atoms with Crippen LogP contribution in [-0.2, 0) is 0 Å². The van der Waals surface area contributed by atoms with Crippen LogP contribution in [0, 0.1) is 5.92 Å². The maximum atomic E-state index is 8.04. The molecule has 0 amide bonds. The van der Waals surface area contributed by atoms with Gasteiger partial charge in [0.15, 0.2) is 0 Å². The van der Waals surface area contributed by atoms with Crippen LogP contribution in [0.5, 0.6) is 0 Å². The van der Waals surface area contributed by atoms with Crippen molar-refractivity contribution in [3.63, 3.8) is 0 Å². The molecular weight excluding hydrogens is 116 g/mol. The quantitative estimate of drug-likeness (QED) is 0.337. The number of rotatable bonds is 3. The molecule has 0 radical (unpaired) electrons. The predicted molar refractivity (Wildman–Crippen MR) is 37.7 cm³/mol. The van der Waals surface area contributed by atoms with Crippen molar-refractivity contribution in [1.29, 1.82) is 0 Å². The topological polar surface area (TPSA) is 58.6 Å². The maximum absolute atomic E-state index is 8.04. The number of hydrogen-bond donors (Lipinski definition) is 2. The predicted octanol–water partition coefficient (Wildman–Crippen LogP) is 0.820. The van der Waals surface area contributed by atoms with Gasteiger partial charge in [-0.2, -0.15) is 0 Å². The fraction of sp³-hybridized carbons (Fsp3) is 0.833. The third kappa shape index (κ3) is 5.30. The third-order valence-corrected chi connectivity index (χ3v) is 1.00. The molecule has 0 aromatic rings. The second kappa shape index (κ2) is 4.32. The molecule has 0 aliphatic heterocycles. The van der Waals surface area contributed by atoms with Gasteiger partial charge in [0.05, 0.1) is 6.21 Å². The smallest absolute Gasteiger partial charge is 0.0603 e. The molecule has 0 aliphatic rings. The van der Waals surface area contributed by atoms with Crippen molar-refractivity contribution in [2.75, 3.05) is 0 Å². The summed E-state index contributed by atoms with van der Waals surface area (Å²) in [5, 5.41) is 10.9. The van der Waals surface area contributed by atoms with Crippen LogP contribution in [-0.4, -0.2) is 17.5 Å². The lowest BCUT2D eigenvalue weighted by molar-refractivity contribution is 0.319. The van der Waals surface area contributed by atoms with Crippen LogP contribution < -0.4 is 5.73 Å². The van der Waals surface area contributed by atoms with Crippen molar-refractivity contribution in [1.82, 2.24) is 0 Å². The van der Waals surface area contributed by atoms with E-state index in [1.165, 1.54) is 6.21 Å². The highest BCUT2D eigenvalue weighted by Crippen LogP contribution is 1.99. The van der Waals surface area contributed by atoms with Crippen LogP contribution in [0.15, 0.2) is 5.16 Å². The number of nitrogens with zero attached hydrogens (tertiary/aromatic N) is 1. The van der Waals surface area contributed by atoms with Gasteiger partial charge in [-0.25, -0.2) is 0 Å². The highest BCUT2D eigenvalue weighted by Gasteiger charge is 2.00. The van der Waals surface area contributed by atoms with Crippen molar-refractivity contribution in [3.05, 3.63) is 0 Å². The number of oxime groups is 1. The fourth-order valence-electron chi connectivity index (χ4n) is 0.691. The Balaban J connectivity index is 3.38. The average molecular weight is 130 g/mol. The van der Waals surface area contributed by atoms with Gasteiger partial charge in [0.25, 0.3) is 0 Å². The molecule has 3 nitrogen and oxygen atoms in total. The zero-order chi connectivity index (χ0) is 7.28. The number of nitrogens with two attached hydrogens (primary N) is 1. The second-order valence-electron chi connectivity index (χ2n) is 2.56. The summed E-state index contributed by atoms with van der Waals surface area (Å²) < 4.78 is 0. The van der Waals surface area contributed by atoms with Crippen molar-refractivity contribution in [2.45, 2.75) is 26.3 Å². The highest BCUT2D eigenvalue weighted by atomic mass is 16.4. The fourth-order valence-corrected chi connectivity index (χ4v) is 0.691. The Morgan fingerprint density at radius 2 is 2.22 bits per heavy atom. The van der Waals surface area contributed by atoms with E-state index >= 15 is 0 Å². The van der Waals surface area contributed by atoms with E-state index in [4.69, 9.17) is 10.9 Å². The van der Waals surface area contributed by atoms with Crippen molar-refractivity contribution >= 4 is 6.21 Å². The van der Waals surface area contributed by atoms with Gasteiger partial charge in [-0.1, -0.05) is 13.8 Å². The van der Waals surface area contributed by atoms with E-state index in [0.717, 1.165) is 6.42 Å². The first kappa shape index (κ1) is 8.43. The van der Waals surface area contributed by atoms with Gasteiger partial charge in [0.1, 0.15) is 0 Å². The number of hydrogen-bond acceptors (Lipinski definition) is 3. The minimum absolute atomic E-state index is 0.102. The lowest BCUT2D eigenvalue weighted by atomic mass is 10.1. The molecule has 0 aliphatic carbocycles. The van der Waals surface area contributed by atoms with Crippen LogP contribution in [0.25, 0.3) is 0 Å². The van der Waals surface area contributed by atoms with Crippen LogP contribution in [0.1, 0.15) is 20.3 Å². The first-order chi connectivity index (χ1) is 4.16. The molecule has 0 spiro atoms. The summed E-state index contributed by atoms with van der Waals surface area (Å²) in [4.78, 5) is 0. The lowest BCUT2D eigenvalue weighted by Gasteiger charge is -2.06. The van der Waals surface area contributed by atoms with E-state index in [-0.39, 0.29) is 6.04 Å². The van der Waals surface area contributed by atoms with Crippen LogP contribution in [0.3, 0.4) is 0 Å². The van der Waals surface area contributed by atoms with Gasteiger partial charge < -0.3 is 10.9 Å². The molecule has 0 heterocycles. The molecule has 54 valence electrons. The van der Waals surface area contributed by atoms with E-state index in [0.29, 0.717) is 5.92 Å². The Morgan fingerprint density at radius 3 is 2.56 bits per heavy atom. The van der Waals surface area contributed by atoms with Gasteiger partial charge in [-0.05, 0) is 12.3 Å². The lowest BCUT2D eigenvalue weighted by Crippen LogP contribution is -2.23. The largest absolute Gasteiger partial charge is 0.411 e. The molecule has 0 saturated carbocycles. The van der Waals surface area contributed by atoms with Crippen molar-refractivity contribution < 1.29 is 5.21 Å². The van der Waals surface area contributed by atoms with Gasteiger partial charge in [-0.3, -0.25) is 0 Å². The summed E-state index contributed by atoms with van der Waals surface area (Å²) in [7, 11) is 0. The van der Waals surface area contributed by atoms with Gasteiger partial charge >= 0.3 is 0 Å². The zero-order valence-electron chi connectivity index (χ0n) is 5.91. The molecule has 0 bridgehead atoms. The molecule has 0 saturated heterocycles. The Kier molecular flexibility index (Phi) is 4.05. The molecule has 0 aromatic heterocycles. The van der Waals surface area contributed by atoms with E-state index in [1.807, 2.05) is 0 Å². The second-order valence-corrected chi connectivity index (χ2v) is 2.56.